The van der Waals surface area contributed by atoms with Crippen LogP contribution in [0.15, 0.2) is 48.5 Å². The Hall–Kier alpha value is -2.57. The molecule has 6 nitrogen and oxygen atoms in total. The SMILES string of the molecule is CCOc1ccc(C(C)NC(=O)CCCNC(=O)c2ccc(CN)cc2)cc1.Cl. The number of halogens is 1. The number of hydrogen-bond donors (Lipinski definition) is 3. The first-order chi connectivity index (χ1) is 13.5. The van der Waals surface area contributed by atoms with Gasteiger partial charge in [0.25, 0.3) is 5.91 Å². The van der Waals surface area contributed by atoms with Crippen molar-refractivity contribution in [3.05, 3.63) is 65.2 Å². The van der Waals surface area contributed by atoms with Crippen LogP contribution in [-0.4, -0.2) is 25.0 Å². The number of ether oxygens (including phenoxy) is 1. The predicted molar refractivity (Wildman–Crippen MR) is 117 cm³/mol. The number of amides is 2. The molecule has 2 aromatic carbocycles. The van der Waals surface area contributed by atoms with Crippen molar-refractivity contribution in [1.82, 2.24) is 10.6 Å². The second-order valence-electron chi connectivity index (χ2n) is 6.55. The molecule has 29 heavy (non-hydrogen) atoms. The van der Waals surface area contributed by atoms with Crippen LogP contribution >= 0.6 is 12.4 Å². The summed E-state index contributed by atoms with van der Waals surface area (Å²) in [7, 11) is 0. The Bertz CT molecular complexity index is 764. The third-order valence-corrected chi connectivity index (χ3v) is 4.39. The lowest BCUT2D eigenvalue weighted by Gasteiger charge is -2.15. The Kier molecular flexibility index (Phi) is 10.8. The number of rotatable bonds is 10. The van der Waals surface area contributed by atoms with E-state index in [0.717, 1.165) is 16.9 Å². The van der Waals surface area contributed by atoms with E-state index in [1.54, 1.807) is 12.1 Å². The number of hydrogen-bond acceptors (Lipinski definition) is 4. The van der Waals surface area contributed by atoms with Crippen molar-refractivity contribution in [2.45, 2.75) is 39.3 Å². The summed E-state index contributed by atoms with van der Waals surface area (Å²) in [6, 6.07) is 14.8. The van der Waals surface area contributed by atoms with Crippen LogP contribution in [0, 0.1) is 0 Å². The number of carbonyl (C=O) groups excluding carboxylic acids is 2. The third-order valence-electron chi connectivity index (χ3n) is 4.39. The third kappa shape index (κ3) is 8.13. The molecule has 2 amide bonds. The minimum absolute atomic E-state index is 0. The van der Waals surface area contributed by atoms with Gasteiger partial charge in [-0.1, -0.05) is 24.3 Å². The molecular formula is C22H30ClN3O3. The Morgan fingerprint density at radius 2 is 1.72 bits per heavy atom. The minimum atomic E-state index is -0.147. The van der Waals surface area contributed by atoms with Gasteiger partial charge in [0.2, 0.25) is 5.91 Å². The predicted octanol–water partition coefficient (Wildman–Crippen LogP) is 3.35. The molecule has 0 heterocycles. The minimum Gasteiger partial charge on any atom is -0.494 e. The van der Waals surface area contributed by atoms with Crippen molar-refractivity contribution in [2.75, 3.05) is 13.2 Å². The maximum Gasteiger partial charge on any atom is 0.251 e. The molecule has 158 valence electrons. The van der Waals surface area contributed by atoms with Crippen molar-refractivity contribution in [1.29, 1.82) is 0 Å². The molecule has 0 spiro atoms. The Labute approximate surface area is 178 Å². The molecule has 0 saturated heterocycles. The van der Waals surface area contributed by atoms with E-state index < -0.39 is 0 Å². The van der Waals surface area contributed by atoms with E-state index in [4.69, 9.17) is 10.5 Å². The summed E-state index contributed by atoms with van der Waals surface area (Å²) in [5, 5.41) is 5.81. The van der Waals surface area contributed by atoms with Crippen LogP contribution < -0.4 is 21.1 Å². The van der Waals surface area contributed by atoms with Crippen LogP contribution in [0.2, 0.25) is 0 Å². The summed E-state index contributed by atoms with van der Waals surface area (Å²) in [6.07, 6.45) is 0.933. The Morgan fingerprint density at radius 1 is 1.07 bits per heavy atom. The van der Waals surface area contributed by atoms with Crippen LogP contribution in [0.3, 0.4) is 0 Å². The largest absolute Gasteiger partial charge is 0.494 e. The van der Waals surface area contributed by atoms with Gasteiger partial charge < -0.3 is 21.1 Å². The summed E-state index contributed by atoms with van der Waals surface area (Å²) < 4.78 is 5.42. The average molecular weight is 420 g/mol. The topological polar surface area (TPSA) is 93.5 Å². The smallest absolute Gasteiger partial charge is 0.251 e. The first-order valence-corrected chi connectivity index (χ1v) is 9.62. The van der Waals surface area contributed by atoms with Crippen molar-refractivity contribution in [3.63, 3.8) is 0 Å². The van der Waals surface area contributed by atoms with E-state index in [-0.39, 0.29) is 30.3 Å². The normalized spacial score (nSPS) is 11.1. The van der Waals surface area contributed by atoms with Crippen molar-refractivity contribution >= 4 is 24.2 Å². The fourth-order valence-electron chi connectivity index (χ4n) is 2.76. The maximum atomic E-state index is 12.1. The van der Waals surface area contributed by atoms with Gasteiger partial charge in [-0.3, -0.25) is 9.59 Å². The molecule has 0 saturated carbocycles. The van der Waals surface area contributed by atoms with Crippen LogP contribution in [-0.2, 0) is 11.3 Å². The lowest BCUT2D eigenvalue weighted by atomic mass is 10.1. The highest BCUT2D eigenvalue weighted by Crippen LogP contribution is 2.17. The highest BCUT2D eigenvalue weighted by atomic mass is 35.5. The zero-order valence-electron chi connectivity index (χ0n) is 16.9. The molecule has 0 aliphatic heterocycles. The fourth-order valence-corrected chi connectivity index (χ4v) is 2.76. The molecular weight excluding hydrogens is 390 g/mol. The van der Waals surface area contributed by atoms with Crippen molar-refractivity contribution < 1.29 is 14.3 Å². The molecule has 2 aromatic rings. The molecule has 2 rings (SSSR count). The van der Waals surface area contributed by atoms with Gasteiger partial charge in [-0.2, -0.15) is 0 Å². The molecule has 0 fully saturated rings. The molecule has 1 atom stereocenters. The molecule has 0 bridgehead atoms. The molecule has 7 heteroatoms. The number of benzene rings is 2. The summed E-state index contributed by atoms with van der Waals surface area (Å²) in [4.78, 5) is 24.2. The lowest BCUT2D eigenvalue weighted by Crippen LogP contribution is -2.29. The van der Waals surface area contributed by atoms with Gasteiger partial charge in [0, 0.05) is 25.1 Å². The van der Waals surface area contributed by atoms with E-state index in [0.29, 0.717) is 38.1 Å². The van der Waals surface area contributed by atoms with Gasteiger partial charge in [0.1, 0.15) is 5.75 Å². The monoisotopic (exact) mass is 419 g/mol. The van der Waals surface area contributed by atoms with Crippen LogP contribution in [0.5, 0.6) is 5.75 Å². The Morgan fingerprint density at radius 3 is 2.31 bits per heavy atom. The second-order valence-corrected chi connectivity index (χ2v) is 6.55. The van der Waals surface area contributed by atoms with Gasteiger partial charge >= 0.3 is 0 Å². The van der Waals surface area contributed by atoms with E-state index in [9.17, 15) is 9.59 Å². The quantitative estimate of drug-likeness (QED) is 0.515. The summed E-state index contributed by atoms with van der Waals surface area (Å²) in [6.45, 7) is 5.41. The number of carbonyl (C=O) groups is 2. The maximum absolute atomic E-state index is 12.1. The fraction of sp³-hybridized carbons (Fsp3) is 0.364. The molecule has 0 radical (unpaired) electrons. The van der Waals surface area contributed by atoms with Gasteiger partial charge in [-0.25, -0.2) is 0 Å². The zero-order valence-corrected chi connectivity index (χ0v) is 17.8. The number of nitrogens with two attached hydrogens (primary N) is 1. The molecule has 0 aromatic heterocycles. The van der Waals surface area contributed by atoms with Crippen molar-refractivity contribution in [2.24, 2.45) is 5.73 Å². The second kappa shape index (κ2) is 12.8. The summed E-state index contributed by atoms with van der Waals surface area (Å²) in [5.41, 5.74) is 8.14. The highest BCUT2D eigenvalue weighted by Gasteiger charge is 2.10. The first-order valence-electron chi connectivity index (χ1n) is 9.62. The van der Waals surface area contributed by atoms with E-state index in [1.807, 2.05) is 50.2 Å². The van der Waals surface area contributed by atoms with E-state index in [2.05, 4.69) is 10.6 Å². The lowest BCUT2D eigenvalue weighted by molar-refractivity contribution is -0.121. The molecule has 1 unspecified atom stereocenters. The first kappa shape index (κ1) is 24.5. The van der Waals surface area contributed by atoms with E-state index >= 15 is 0 Å². The zero-order chi connectivity index (χ0) is 20.4. The van der Waals surface area contributed by atoms with Gasteiger partial charge in [0.05, 0.1) is 12.6 Å². The summed E-state index contributed by atoms with van der Waals surface area (Å²) in [5.74, 6) is 0.632. The number of nitrogens with one attached hydrogen (secondary N) is 2. The highest BCUT2D eigenvalue weighted by molar-refractivity contribution is 5.94. The van der Waals surface area contributed by atoms with E-state index in [1.165, 1.54) is 0 Å². The molecule has 4 N–H and O–H groups in total. The van der Waals surface area contributed by atoms with Crippen LogP contribution in [0.1, 0.15) is 54.2 Å². The van der Waals surface area contributed by atoms with Gasteiger partial charge in [-0.05, 0) is 55.7 Å². The van der Waals surface area contributed by atoms with Crippen molar-refractivity contribution in [3.8, 4) is 5.75 Å². The standard InChI is InChI=1S/C22H29N3O3.ClH/c1-3-28-20-12-10-18(11-13-20)16(2)25-21(26)5-4-14-24-22(27)19-8-6-17(15-23)7-9-19;/h6-13,16H,3-5,14-15,23H2,1-2H3,(H,24,27)(H,25,26);1H. The van der Waals surface area contributed by atoms with Gasteiger partial charge in [0.15, 0.2) is 0 Å². The van der Waals surface area contributed by atoms with Crippen LogP contribution in [0.4, 0.5) is 0 Å². The Balaban J connectivity index is 0.00000420. The van der Waals surface area contributed by atoms with Gasteiger partial charge in [-0.15, -0.1) is 12.4 Å². The molecule has 0 aliphatic carbocycles. The van der Waals surface area contributed by atoms with Crippen LogP contribution in [0.25, 0.3) is 0 Å². The summed E-state index contributed by atoms with van der Waals surface area (Å²) >= 11 is 0. The average Bonchev–Trinajstić information content (AvgIpc) is 2.72. The molecule has 0 aliphatic rings.